The van der Waals surface area contributed by atoms with Gasteiger partial charge in [-0.3, -0.25) is 0 Å². The molecule has 400 valence electrons. The summed E-state index contributed by atoms with van der Waals surface area (Å²) >= 11 is 4.48. The molecule has 0 aliphatic heterocycles. The van der Waals surface area contributed by atoms with Gasteiger partial charge in [0.25, 0.3) is 0 Å². The van der Waals surface area contributed by atoms with Gasteiger partial charge in [-0.25, -0.2) is 4.79 Å². The lowest BCUT2D eigenvalue weighted by molar-refractivity contribution is -0.00526. The minimum atomic E-state index is -1.87. The summed E-state index contributed by atoms with van der Waals surface area (Å²) in [6, 6.07) is 0. The third-order valence-corrected chi connectivity index (χ3v) is 17.4. The van der Waals surface area contributed by atoms with Gasteiger partial charge in [-0.1, -0.05) is 125 Å². The van der Waals surface area contributed by atoms with Crippen molar-refractivity contribution < 1.29 is 56.7 Å². The maximum atomic E-state index is 10.3. The molecule has 0 aromatic rings. The second-order valence-electron chi connectivity index (χ2n) is 18.7. The Morgan fingerprint density at radius 1 is 0.676 bits per heavy atom. The van der Waals surface area contributed by atoms with Crippen molar-refractivity contribution in [2.45, 2.75) is 168 Å². The van der Waals surface area contributed by atoms with Gasteiger partial charge in [0, 0.05) is 24.7 Å². The van der Waals surface area contributed by atoms with E-state index in [2.05, 4.69) is 48.9 Å². The quantitative estimate of drug-likeness (QED) is 0.0151. The molecular weight excluding hydrogens is 965 g/mol. The highest BCUT2D eigenvalue weighted by atomic mass is 33.1. The Bertz CT molecular complexity index is 1220. The first-order valence-electron chi connectivity index (χ1n) is 26.4. The molecule has 0 saturated heterocycles. The fourth-order valence-electron chi connectivity index (χ4n) is 9.72. The molecular formula is C50H95NO12P2S3. The van der Waals surface area contributed by atoms with Crippen molar-refractivity contribution in [3.63, 3.8) is 0 Å². The van der Waals surface area contributed by atoms with E-state index in [1.165, 1.54) is 70.6 Å². The molecule has 7 unspecified atom stereocenters. The Hall–Kier alpha value is 0.1000. The van der Waals surface area contributed by atoms with Crippen molar-refractivity contribution in [1.82, 2.24) is 5.32 Å². The van der Waals surface area contributed by atoms with E-state index in [1.807, 2.05) is 27.2 Å². The van der Waals surface area contributed by atoms with Crippen molar-refractivity contribution in [3.05, 3.63) is 11.6 Å². The molecule has 0 spiro atoms. The van der Waals surface area contributed by atoms with Gasteiger partial charge in [0.05, 0.1) is 66.1 Å². The summed E-state index contributed by atoms with van der Waals surface area (Å²) in [7, 11) is 0.133. The number of rotatable bonds is 40. The Kier molecular flexibility index (Phi) is 43.2. The smallest absolute Gasteiger partial charge is 0.404 e. The van der Waals surface area contributed by atoms with Crippen LogP contribution in [0.15, 0.2) is 11.6 Å². The summed E-state index contributed by atoms with van der Waals surface area (Å²) in [4.78, 5) is 29.3. The number of thiocarbonyl (C=S) groups is 1. The van der Waals surface area contributed by atoms with Gasteiger partial charge >= 0.3 is 23.3 Å². The van der Waals surface area contributed by atoms with Gasteiger partial charge in [-0.15, -0.1) is 0 Å². The molecule has 0 aromatic heterocycles. The second-order valence-corrected chi connectivity index (χ2v) is 23.5. The minimum Gasteiger partial charge on any atom is -0.465 e. The molecule has 0 aromatic carbocycles. The molecule has 13 nitrogen and oxygen atoms in total. The second kappa shape index (κ2) is 45.7. The molecule has 68 heavy (non-hydrogen) atoms. The summed E-state index contributed by atoms with van der Waals surface area (Å²) in [6.07, 6.45) is 31.8. The lowest BCUT2D eigenvalue weighted by Crippen LogP contribution is -2.39. The SMILES string of the molecule is C1=C2CCCCC2C2CCC3CCCC3C2C1.CCCCCC(C)C.O=C(O)NCCCOCCOCCOCCOCCOP(O)OCCCCCCSSCCCCCCOP(O)OC=S. The van der Waals surface area contributed by atoms with Gasteiger partial charge in [0.2, 0.25) is 0 Å². The highest BCUT2D eigenvalue weighted by Gasteiger charge is 2.46. The Morgan fingerprint density at radius 3 is 1.90 bits per heavy atom. The Balaban J connectivity index is 0.000000503. The van der Waals surface area contributed by atoms with Gasteiger partial charge < -0.3 is 57.3 Å². The van der Waals surface area contributed by atoms with E-state index < -0.39 is 23.3 Å². The van der Waals surface area contributed by atoms with Crippen LogP contribution in [0.4, 0.5) is 4.79 Å². The molecule has 3 saturated carbocycles. The van der Waals surface area contributed by atoms with E-state index >= 15 is 0 Å². The fourth-order valence-corrected chi connectivity index (χ4v) is 13.2. The summed E-state index contributed by atoms with van der Waals surface area (Å²) in [6.45, 7) is 12.0. The van der Waals surface area contributed by atoms with Crippen LogP contribution in [-0.4, -0.2) is 117 Å². The first kappa shape index (κ1) is 64.2. The standard InChI is InChI=1S/C25H51NO12P2S3.C17H26.C8H18/c27-25(28)26-10-9-11-31-14-15-32-16-17-33-18-19-34-20-21-37-39(29)35-12-5-1-3-7-22-42-43-23-8-4-2-6-13-36-40(30)38-24-41;1-2-6-14-12(4-1)8-10-17-15-7-3-5-13(15)9-11-16(14)17;1-4-5-6-7-8(2)3/h24,26,29-30H,1-23H2,(H,27,28);8,13-17H,1-7,9-11H2;8H,4-7H2,1-3H3. The first-order valence-corrected chi connectivity index (χ1v) is 31.7. The van der Waals surface area contributed by atoms with E-state index in [0.717, 1.165) is 91.1 Å². The molecule has 0 heterocycles. The van der Waals surface area contributed by atoms with E-state index in [0.29, 0.717) is 79.0 Å². The number of unbranched alkanes of at least 4 members (excludes halogenated alkanes) is 8. The molecule has 3 fully saturated rings. The van der Waals surface area contributed by atoms with Crippen molar-refractivity contribution in [2.24, 2.45) is 35.5 Å². The maximum absolute atomic E-state index is 10.3. The zero-order valence-electron chi connectivity index (χ0n) is 42.4. The number of hydrogen-bond acceptors (Lipinski definition) is 14. The number of fused-ring (bicyclic) bond motifs is 5. The molecule has 4 aliphatic carbocycles. The highest BCUT2D eigenvalue weighted by Crippen LogP contribution is 2.56. The van der Waals surface area contributed by atoms with Crippen LogP contribution in [0.3, 0.4) is 0 Å². The van der Waals surface area contributed by atoms with E-state index in [-0.39, 0.29) is 6.61 Å². The van der Waals surface area contributed by atoms with Crippen LogP contribution in [-0.2, 0) is 37.0 Å². The molecule has 4 N–H and O–H groups in total. The lowest BCUT2D eigenvalue weighted by atomic mass is 9.57. The van der Waals surface area contributed by atoms with Crippen LogP contribution >= 0.6 is 51.0 Å². The Morgan fingerprint density at radius 2 is 1.28 bits per heavy atom. The van der Waals surface area contributed by atoms with E-state index in [1.54, 1.807) is 32.1 Å². The average Bonchev–Trinajstić information content (AvgIpc) is 3.82. The van der Waals surface area contributed by atoms with Gasteiger partial charge in [-0.05, 0) is 125 Å². The summed E-state index contributed by atoms with van der Waals surface area (Å²) in [5.74, 6) is 8.69. The molecule has 18 heteroatoms. The molecule has 7 atom stereocenters. The van der Waals surface area contributed by atoms with Crippen LogP contribution in [0.5, 0.6) is 0 Å². The van der Waals surface area contributed by atoms with Crippen molar-refractivity contribution in [1.29, 1.82) is 0 Å². The highest BCUT2D eigenvalue weighted by molar-refractivity contribution is 8.76. The van der Waals surface area contributed by atoms with Crippen molar-refractivity contribution in [2.75, 3.05) is 90.7 Å². The third-order valence-electron chi connectivity index (χ3n) is 13.1. The van der Waals surface area contributed by atoms with Crippen LogP contribution in [0.25, 0.3) is 0 Å². The monoisotopic (exact) mass is 1060 g/mol. The molecule has 0 bridgehead atoms. The zero-order chi connectivity index (χ0) is 49.1. The molecule has 4 rings (SSSR count). The molecule has 1 amide bonds. The summed E-state index contributed by atoms with van der Waals surface area (Å²) in [5, 5.41) is 10.7. The Labute approximate surface area is 428 Å². The number of nitrogens with one attached hydrogen (secondary N) is 1. The number of carbonyl (C=O) groups is 1. The number of amides is 1. The number of carboxylic acid groups (broad SMARTS) is 1. The first-order chi connectivity index (χ1) is 33.3. The van der Waals surface area contributed by atoms with Crippen molar-refractivity contribution in [3.8, 4) is 0 Å². The predicted molar refractivity (Wildman–Crippen MR) is 287 cm³/mol. The van der Waals surface area contributed by atoms with Crippen LogP contribution < -0.4 is 5.32 Å². The molecule has 4 aliphatic rings. The minimum absolute atomic E-state index is 0.260. The van der Waals surface area contributed by atoms with E-state index in [9.17, 15) is 14.6 Å². The van der Waals surface area contributed by atoms with Crippen molar-refractivity contribution >= 4 is 62.7 Å². The summed E-state index contributed by atoms with van der Waals surface area (Å²) in [5.41, 5.74) is 2.91. The largest absolute Gasteiger partial charge is 0.465 e. The van der Waals surface area contributed by atoms with Gasteiger partial charge in [0.1, 0.15) is 0 Å². The number of ether oxygens (including phenoxy) is 4. The summed E-state index contributed by atoms with van der Waals surface area (Å²) < 4.78 is 41.9. The normalized spacial score (nSPS) is 21.5. The maximum Gasteiger partial charge on any atom is 0.404 e. The van der Waals surface area contributed by atoms with Gasteiger partial charge in [0.15, 0.2) is 5.55 Å². The third kappa shape index (κ3) is 34.5. The van der Waals surface area contributed by atoms with E-state index in [4.69, 9.17) is 37.6 Å². The lowest BCUT2D eigenvalue weighted by Gasteiger charge is -2.48. The zero-order valence-corrected chi connectivity index (χ0v) is 46.7. The number of hydrogen-bond donors (Lipinski definition) is 4. The average molecular weight is 1060 g/mol. The predicted octanol–water partition coefficient (Wildman–Crippen LogP) is 13.8. The van der Waals surface area contributed by atoms with Crippen LogP contribution in [0.1, 0.15) is 168 Å². The van der Waals surface area contributed by atoms with Crippen LogP contribution in [0.2, 0.25) is 0 Å². The van der Waals surface area contributed by atoms with Gasteiger partial charge in [-0.2, -0.15) is 0 Å². The number of allylic oxidation sites excluding steroid dienone is 2. The topological polar surface area (TPSA) is 164 Å². The molecule has 0 radical (unpaired) electrons. The van der Waals surface area contributed by atoms with Crippen LogP contribution in [0, 0.1) is 35.5 Å². The fraction of sp³-hybridized carbons (Fsp3) is 0.920.